The van der Waals surface area contributed by atoms with Crippen molar-refractivity contribution in [2.24, 2.45) is 0 Å². The van der Waals surface area contributed by atoms with Gasteiger partial charge in [-0.05, 0) is 25.3 Å². The van der Waals surface area contributed by atoms with Gasteiger partial charge in [0, 0.05) is 23.3 Å². The highest BCUT2D eigenvalue weighted by atomic mass is 32.2. The van der Waals surface area contributed by atoms with E-state index in [4.69, 9.17) is 0 Å². The summed E-state index contributed by atoms with van der Waals surface area (Å²) in [6.45, 7) is 2.91. The summed E-state index contributed by atoms with van der Waals surface area (Å²) in [5.74, 6) is 2.69. The zero-order chi connectivity index (χ0) is 14.9. The largest absolute Gasteiger partial charge is 0.355 e. The van der Waals surface area contributed by atoms with Gasteiger partial charge < -0.3 is 5.32 Å². The average Bonchev–Trinajstić information content (AvgIpc) is 2.97. The molecule has 0 aromatic heterocycles. The van der Waals surface area contributed by atoms with Crippen LogP contribution in [0.4, 0.5) is 0 Å². The average molecular weight is 324 g/mol. The molecule has 116 valence electrons. The molecule has 21 heavy (non-hydrogen) atoms. The number of hydrogen-bond acceptors (Lipinski definition) is 3. The molecule has 0 aliphatic heterocycles. The number of nitrogens with one attached hydrogen (secondary N) is 1. The number of thioether (sulfide) groups is 2. The van der Waals surface area contributed by atoms with Crippen LogP contribution in [0.3, 0.4) is 0 Å². The predicted molar refractivity (Wildman–Crippen MR) is 95.1 cm³/mol. The first-order valence-electron chi connectivity index (χ1n) is 7.75. The molecule has 0 atom stereocenters. The second kappa shape index (κ2) is 9.42. The van der Waals surface area contributed by atoms with Gasteiger partial charge in [-0.25, -0.2) is 0 Å². The van der Waals surface area contributed by atoms with E-state index in [1.54, 1.807) is 11.8 Å². The van der Waals surface area contributed by atoms with Crippen molar-refractivity contribution < 1.29 is 4.79 Å². The zero-order valence-electron chi connectivity index (χ0n) is 12.8. The Morgan fingerprint density at radius 1 is 1.33 bits per heavy atom. The molecular weight excluding hydrogens is 298 g/mol. The molecule has 1 N–H and O–H groups in total. The molecule has 4 heteroatoms. The first kappa shape index (κ1) is 16.8. The van der Waals surface area contributed by atoms with E-state index in [9.17, 15) is 4.79 Å². The van der Waals surface area contributed by atoms with Crippen molar-refractivity contribution in [2.75, 3.05) is 18.1 Å². The Hall–Kier alpha value is -0.610. The predicted octanol–water partition coefficient (Wildman–Crippen LogP) is 4.02. The molecule has 1 aliphatic carbocycles. The van der Waals surface area contributed by atoms with E-state index in [1.807, 2.05) is 11.8 Å². The number of hydrogen-bond donors (Lipinski definition) is 1. The quantitative estimate of drug-likeness (QED) is 0.733. The summed E-state index contributed by atoms with van der Waals surface area (Å²) < 4.78 is 0. The molecule has 2 rings (SSSR count). The van der Waals surface area contributed by atoms with E-state index >= 15 is 0 Å². The van der Waals surface area contributed by atoms with E-state index in [2.05, 4.69) is 36.5 Å². The van der Waals surface area contributed by atoms with Gasteiger partial charge in [0.15, 0.2) is 0 Å². The molecule has 0 bridgehead atoms. The maximum Gasteiger partial charge on any atom is 0.230 e. The van der Waals surface area contributed by atoms with Gasteiger partial charge in [-0.15, -0.1) is 11.8 Å². The molecule has 0 spiro atoms. The van der Waals surface area contributed by atoms with Gasteiger partial charge in [0.2, 0.25) is 5.91 Å². The Labute approximate surface area is 136 Å². The number of carbonyl (C=O) groups is 1. The molecule has 0 radical (unpaired) electrons. The van der Waals surface area contributed by atoms with E-state index in [0.717, 1.165) is 23.3 Å². The summed E-state index contributed by atoms with van der Waals surface area (Å²) in [6.07, 6.45) is 5.51. The molecule has 2 nitrogen and oxygen atoms in total. The van der Waals surface area contributed by atoms with E-state index in [0.29, 0.717) is 5.75 Å². The molecule has 1 aliphatic rings. The van der Waals surface area contributed by atoms with Crippen LogP contribution in [0.5, 0.6) is 0 Å². The van der Waals surface area contributed by atoms with Crippen LogP contribution in [0, 0.1) is 6.92 Å². The lowest BCUT2D eigenvalue weighted by Gasteiger charge is -2.09. The second-order valence-corrected chi connectivity index (χ2v) is 8.00. The van der Waals surface area contributed by atoms with Crippen molar-refractivity contribution in [1.29, 1.82) is 0 Å². The van der Waals surface area contributed by atoms with Crippen LogP contribution in [-0.2, 0) is 10.5 Å². The maximum atomic E-state index is 11.8. The number of carbonyl (C=O) groups excluding carboxylic acids is 1. The third-order valence-electron chi connectivity index (χ3n) is 3.66. The fourth-order valence-electron chi connectivity index (χ4n) is 2.59. The zero-order valence-corrected chi connectivity index (χ0v) is 14.4. The van der Waals surface area contributed by atoms with Crippen molar-refractivity contribution in [1.82, 2.24) is 5.32 Å². The first-order chi connectivity index (χ1) is 10.2. The van der Waals surface area contributed by atoms with Crippen molar-refractivity contribution in [3.05, 3.63) is 35.4 Å². The van der Waals surface area contributed by atoms with Crippen LogP contribution in [0.25, 0.3) is 0 Å². The topological polar surface area (TPSA) is 29.1 Å². The smallest absolute Gasteiger partial charge is 0.230 e. The highest BCUT2D eigenvalue weighted by Gasteiger charge is 2.14. The fraction of sp³-hybridized carbons (Fsp3) is 0.588. The van der Waals surface area contributed by atoms with Crippen molar-refractivity contribution in [3.63, 3.8) is 0 Å². The van der Waals surface area contributed by atoms with Gasteiger partial charge >= 0.3 is 0 Å². The molecule has 0 unspecified atom stereocenters. The van der Waals surface area contributed by atoms with E-state index in [1.165, 1.54) is 36.8 Å². The van der Waals surface area contributed by atoms with Crippen LogP contribution >= 0.6 is 23.5 Å². The van der Waals surface area contributed by atoms with Crippen LogP contribution in [0.15, 0.2) is 24.3 Å². The monoisotopic (exact) mass is 323 g/mol. The summed E-state index contributed by atoms with van der Waals surface area (Å²) in [4.78, 5) is 11.8. The molecule has 1 fully saturated rings. The molecule has 0 heterocycles. The van der Waals surface area contributed by atoms with Gasteiger partial charge in [0.1, 0.15) is 0 Å². The van der Waals surface area contributed by atoms with Gasteiger partial charge in [0.25, 0.3) is 0 Å². The van der Waals surface area contributed by atoms with Gasteiger partial charge in [-0.2, -0.15) is 11.8 Å². The Kier molecular flexibility index (Phi) is 7.51. The summed E-state index contributed by atoms with van der Waals surface area (Å²) in [6, 6.07) is 8.48. The van der Waals surface area contributed by atoms with Crippen molar-refractivity contribution in [2.45, 2.75) is 43.6 Å². The first-order valence-corrected chi connectivity index (χ1v) is 9.96. The van der Waals surface area contributed by atoms with Crippen molar-refractivity contribution >= 4 is 29.4 Å². The molecule has 1 amide bonds. The molecule has 1 aromatic rings. The maximum absolute atomic E-state index is 11.8. The van der Waals surface area contributed by atoms with Gasteiger partial charge in [-0.3, -0.25) is 4.79 Å². The lowest BCUT2D eigenvalue weighted by atomic mass is 10.2. The lowest BCUT2D eigenvalue weighted by molar-refractivity contribution is -0.118. The minimum Gasteiger partial charge on any atom is -0.355 e. The van der Waals surface area contributed by atoms with Gasteiger partial charge in [0.05, 0.1) is 5.75 Å². The Morgan fingerprint density at radius 3 is 2.90 bits per heavy atom. The Morgan fingerprint density at radius 2 is 2.14 bits per heavy atom. The minimum atomic E-state index is 0.166. The highest BCUT2D eigenvalue weighted by Crippen LogP contribution is 2.28. The SMILES string of the molecule is Cc1cccc(CSCC(=O)NCCSC2CCCC2)c1. The standard InChI is InChI=1S/C17H25NOS2/c1-14-5-4-6-15(11-14)12-20-13-17(19)18-9-10-21-16-7-2-3-8-16/h4-6,11,16H,2-3,7-10,12-13H2,1H3,(H,18,19). The number of benzene rings is 1. The van der Waals surface area contributed by atoms with E-state index in [-0.39, 0.29) is 5.91 Å². The van der Waals surface area contributed by atoms with Gasteiger partial charge in [-0.1, -0.05) is 42.7 Å². The fourth-order valence-corrected chi connectivity index (χ4v) is 4.61. The molecule has 1 aromatic carbocycles. The van der Waals surface area contributed by atoms with E-state index < -0.39 is 0 Å². The molecule has 0 saturated heterocycles. The van der Waals surface area contributed by atoms with Crippen LogP contribution in [0.1, 0.15) is 36.8 Å². The lowest BCUT2D eigenvalue weighted by Crippen LogP contribution is -2.27. The van der Waals surface area contributed by atoms with Crippen LogP contribution in [0.2, 0.25) is 0 Å². The van der Waals surface area contributed by atoms with Crippen LogP contribution < -0.4 is 5.32 Å². The van der Waals surface area contributed by atoms with Crippen LogP contribution in [-0.4, -0.2) is 29.2 Å². The number of aryl methyl sites for hydroxylation is 1. The summed E-state index contributed by atoms with van der Waals surface area (Å²) in [7, 11) is 0. The molecular formula is C17H25NOS2. The number of amides is 1. The number of rotatable bonds is 8. The Bertz CT molecular complexity index is 444. The minimum absolute atomic E-state index is 0.166. The summed E-state index contributed by atoms with van der Waals surface area (Å²) in [5, 5.41) is 3.87. The second-order valence-electron chi connectivity index (χ2n) is 5.61. The van der Waals surface area contributed by atoms with Crippen molar-refractivity contribution in [3.8, 4) is 0 Å². The Balaban J connectivity index is 1.51. The summed E-state index contributed by atoms with van der Waals surface area (Å²) in [5.41, 5.74) is 2.58. The summed E-state index contributed by atoms with van der Waals surface area (Å²) >= 11 is 3.71. The highest BCUT2D eigenvalue weighted by molar-refractivity contribution is 8.00. The third-order valence-corrected chi connectivity index (χ3v) is 6.05. The normalized spacial score (nSPS) is 15.3. The molecule has 1 saturated carbocycles. The third kappa shape index (κ3) is 6.79.